The Labute approximate surface area is 94.2 Å². The van der Waals surface area contributed by atoms with E-state index in [0.717, 1.165) is 22.3 Å². The van der Waals surface area contributed by atoms with Gasteiger partial charge in [-0.05, 0) is 24.1 Å². The Morgan fingerprint density at radius 2 is 2.31 bits per heavy atom. The lowest BCUT2D eigenvalue weighted by Crippen LogP contribution is -2.20. The molecule has 1 heterocycles. The molecule has 0 aliphatic carbocycles. The summed E-state index contributed by atoms with van der Waals surface area (Å²) in [4.78, 5) is 0. The van der Waals surface area contributed by atoms with Gasteiger partial charge in [0.2, 0.25) is 0 Å². The van der Waals surface area contributed by atoms with Crippen LogP contribution in [-0.4, -0.2) is 13.2 Å². The third kappa shape index (κ3) is 1.75. The molecule has 0 fully saturated rings. The molecule has 2 N–H and O–H groups in total. The van der Waals surface area contributed by atoms with Crippen molar-refractivity contribution in [3.63, 3.8) is 0 Å². The van der Waals surface area contributed by atoms with E-state index in [-0.39, 0.29) is 6.04 Å². The maximum absolute atomic E-state index is 5.74. The fraction of sp³-hybridized carbons (Fsp3) is 0.231. The first-order chi connectivity index (χ1) is 7.76. The van der Waals surface area contributed by atoms with Gasteiger partial charge in [-0.15, -0.1) is 6.42 Å². The Hall–Kier alpha value is -1.92. The molecule has 3 nitrogen and oxygen atoms in total. The van der Waals surface area contributed by atoms with Crippen molar-refractivity contribution in [1.82, 2.24) is 0 Å². The third-order valence-corrected chi connectivity index (χ3v) is 2.54. The Morgan fingerprint density at radius 1 is 1.50 bits per heavy atom. The zero-order valence-corrected chi connectivity index (χ0v) is 9.07. The van der Waals surface area contributed by atoms with Crippen LogP contribution in [0.1, 0.15) is 5.56 Å². The summed E-state index contributed by atoms with van der Waals surface area (Å²) in [5.74, 6) is 3.24. The standard InChI is InChI=1S/C13H13NO2/c1-3-10(14)8-9-4-5-12(15-2)13-11(9)6-7-16-13/h1,4-7,10H,8,14H2,2H3. The smallest absolute Gasteiger partial charge is 0.175 e. The van der Waals surface area contributed by atoms with Crippen LogP contribution in [0.2, 0.25) is 0 Å². The first kappa shape index (κ1) is 10.6. The van der Waals surface area contributed by atoms with Crippen molar-refractivity contribution >= 4 is 11.0 Å². The first-order valence-corrected chi connectivity index (χ1v) is 5.01. The Kier molecular flexibility index (Phi) is 2.84. The van der Waals surface area contributed by atoms with Gasteiger partial charge in [0.15, 0.2) is 11.3 Å². The summed E-state index contributed by atoms with van der Waals surface area (Å²) >= 11 is 0. The van der Waals surface area contributed by atoms with E-state index >= 15 is 0 Å². The van der Waals surface area contributed by atoms with Gasteiger partial charge in [-0.25, -0.2) is 0 Å². The lowest BCUT2D eigenvalue weighted by atomic mass is 10.0. The zero-order chi connectivity index (χ0) is 11.5. The molecular formula is C13H13NO2. The van der Waals surface area contributed by atoms with Gasteiger partial charge in [0.05, 0.1) is 19.4 Å². The van der Waals surface area contributed by atoms with Crippen LogP contribution in [0.4, 0.5) is 0 Å². The lowest BCUT2D eigenvalue weighted by molar-refractivity contribution is 0.410. The van der Waals surface area contributed by atoms with Crippen LogP contribution < -0.4 is 10.5 Å². The largest absolute Gasteiger partial charge is 0.493 e. The highest BCUT2D eigenvalue weighted by Gasteiger charge is 2.10. The second-order valence-electron chi connectivity index (χ2n) is 3.57. The topological polar surface area (TPSA) is 48.4 Å². The van der Waals surface area contributed by atoms with Gasteiger partial charge < -0.3 is 14.9 Å². The quantitative estimate of drug-likeness (QED) is 0.796. The summed E-state index contributed by atoms with van der Waals surface area (Å²) in [6.07, 6.45) is 7.54. The summed E-state index contributed by atoms with van der Waals surface area (Å²) in [6.45, 7) is 0. The van der Waals surface area contributed by atoms with E-state index in [4.69, 9.17) is 21.3 Å². The number of ether oxygens (including phenoxy) is 1. The molecule has 2 aromatic rings. The van der Waals surface area contributed by atoms with Crippen LogP contribution in [0, 0.1) is 12.3 Å². The number of benzene rings is 1. The van der Waals surface area contributed by atoms with Crippen LogP contribution in [0.15, 0.2) is 28.9 Å². The molecule has 0 saturated carbocycles. The van der Waals surface area contributed by atoms with E-state index in [1.165, 1.54) is 0 Å². The molecule has 82 valence electrons. The number of fused-ring (bicyclic) bond motifs is 1. The SMILES string of the molecule is C#CC(N)Cc1ccc(OC)c2occc12. The highest BCUT2D eigenvalue weighted by atomic mass is 16.5. The molecule has 0 aliphatic rings. The van der Waals surface area contributed by atoms with Crippen molar-refractivity contribution in [1.29, 1.82) is 0 Å². The van der Waals surface area contributed by atoms with E-state index in [0.29, 0.717) is 6.42 Å². The molecule has 16 heavy (non-hydrogen) atoms. The van der Waals surface area contributed by atoms with Crippen LogP contribution in [0.5, 0.6) is 5.75 Å². The molecule has 0 spiro atoms. The van der Waals surface area contributed by atoms with Crippen LogP contribution in [0.3, 0.4) is 0 Å². The molecular weight excluding hydrogens is 202 g/mol. The van der Waals surface area contributed by atoms with E-state index in [1.807, 2.05) is 18.2 Å². The Balaban J connectivity index is 2.48. The van der Waals surface area contributed by atoms with Crippen molar-refractivity contribution in [2.24, 2.45) is 5.73 Å². The predicted molar refractivity (Wildman–Crippen MR) is 63.3 cm³/mol. The third-order valence-electron chi connectivity index (χ3n) is 2.54. The van der Waals surface area contributed by atoms with Crippen molar-refractivity contribution in [3.8, 4) is 18.1 Å². The van der Waals surface area contributed by atoms with Crippen LogP contribution >= 0.6 is 0 Å². The predicted octanol–water partition coefficient (Wildman–Crippen LogP) is 1.94. The van der Waals surface area contributed by atoms with Gasteiger partial charge in [-0.3, -0.25) is 0 Å². The molecule has 0 radical (unpaired) electrons. The normalized spacial score (nSPS) is 12.3. The zero-order valence-electron chi connectivity index (χ0n) is 9.07. The average molecular weight is 215 g/mol. The van der Waals surface area contributed by atoms with E-state index < -0.39 is 0 Å². The van der Waals surface area contributed by atoms with Crippen molar-refractivity contribution in [3.05, 3.63) is 30.0 Å². The summed E-state index contributed by atoms with van der Waals surface area (Å²) < 4.78 is 10.6. The van der Waals surface area contributed by atoms with Crippen LogP contribution in [0.25, 0.3) is 11.0 Å². The molecule has 2 rings (SSSR count). The summed E-state index contributed by atoms with van der Waals surface area (Å²) in [5, 5.41) is 1.00. The highest BCUT2D eigenvalue weighted by Crippen LogP contribution is 2.29. The minimum absolute atomic E-state index is 0.272. The number of nitrogens with two attached hydrogens (primary N) is 1. The molecule has 1 atom stereocenters. The maximum Gasteiger partial charge on any atom is 0.175 e. The monoisotopic (exact) mass is 215 g/mol. The minimum atomic E-state index is -0.272. The lowest BCUT2D eigenvalue weighted by Gasteiger charge is -2.07. The van der Waals surface area contributed by atoms with E-state index in [2.05, 4.69) is 5.92 Å². The number of methoxy groups -OCH3 is 1. The molecule has 1 aromatic heterocycles. The Morgan fingerprint density at radius 3 is 3.00 bits per heavy atom. The number of hydrogen-bond acceptors (Lipinski definition) is 3. The fourth-order valence-electron chi connectivity index (χ4n) is 1.73. The van der Waals surface area contributed by atoms with Crippen molar-refractivity contribution in [2.75, 3.05) is 7.11 Å². The van der Waals surface area contributed by atoms with Crippen molar-refractivity contribution < 1.29 is 9.15 Å². The number of terminal acetylenes is 1. The summed E-state index contributed by atoms with van der Waals surface area (Å²) in [6, 6.07) is 5.46. The molecule has 0 aliphatic heterocycles. The van der Waals surface area contributed by atoms with Crippen LogP contribution in [-0.2, 0) is 6.42 Å². The number of rotatable bonds is 3. The highest BCUT2D eigenvalue weighted by molar-refractivity contribution is 5.86. The minimum Gasteiger partial charge on any atom is -0.493 e. The maximum atomic E-state index is 5.74. The second kappa shape index (κ2) is 4.30. The van der Waals surface area contributed by atoms with Gasteiger partial charge in [0.1, 0.15) is 0 Å². The van der Waals surface area contributed by atoms with Crippen molar-refractivity contribution in [2.45, 2.75) is 12.5 Å². The molecule has 1 aromatic carbocycles. The molecule has 0 bridgehead atoms. The fourth-order valence-corrected chi connectivity index (χ4v) is 1.73. The van der Waals surface area contributed by atoms with Gasteiger partial charge in [0, 0.05) is 5.39 Å². The van der Waals surface area contributed by atoms with Gasteiger partial charge >= 0.3 is 0 Å². The Bertz CT molecular complexity index is 536. The summed E-state index contributed by atoms with van der Waals surface area (Å²) in [7, 11) is 1.62. The molecule has 1 unspecified atom stereocenters. The molecule has 0 amide bonds. The molecule has 3 heteroatoms. The number of furan rings is 1. The van der Waals surface area contributed by atoms with Gasteiger partial charge in [-0.1, -0.05) is 12.0 Å². The van der Waals surface area contributed by atoms with Gasteiger partial charge in [0.25, 0.3) is 0 Å². The molecule has 0 saturated heterocycles. The first-order valence-electron chi connectivity index (χ1n) is 5.01. The van der Waals surface area contributed by atoms with Gasteiger partial charge in [-0.2, -0.15) is 0 Å². The van der Waals surface area contributed by atoms with E-state index in [1.54, 1.807) is 13.4 Å². The van der Waals surface area contributed by atoms with E-state index in [9.17, 15) is 0 Å². The second-order valence-corrected chi connectivity index (χ2v) is 3.57. The summed E-state index contributed by atoms with van der Waals surface area (Å²) in [5.41, 5.74) is 7.56. The average Bonchev–Trinajstić information content (AvgIpc) is 2.78. The number of hydrogen-bond donors (Lipinski definition) is 1.